The van der Waals surface area contributed by atoms with Crippen molar-refractivity contribution in [3.05, 3.63) is 29.0 Å². The minimum atomic E-state index is -0.325. The third kappa shape index (κ3) is 4.28. The molecule has 2 aromatic rings. The topological polar surface area (TPSA) is 101 Å². The van der Waals surface area contributed by atoms with Crippen molar-refractivity contribution in [3.8, 4) is 0 Å². The van der Waals surface area contributed by atoms with Crippen molar-refractivity contribution < 1.29 is 14.3 Å². The highest BCUT2D eigenvalue weighted by Crippen LogP contribution is 2.38. The predicted molar refractivity (Wildman–Crippen MR) is 102 cm³/mol. The molecule has 0 bridgehead atoms. The molecule has 1 fully saturated rings. The van der Waals surface area contributed by atoms with Crippen LogP contribution in [-0.4, -0.2) is 58.4 Å². The first-order valence-corrected chi connectivity index (χ1v) is 9.60. The van der Waals surface area contributed by atoms with Gasteiger partial charge in [0.05, 0.1) is 18.8 Å². The zero-order valence-electron chi connectivity index (χ0n) is 15.6. The fourth-order valence-electron chi connectivity index (χ4n) is 3.38. The zero-order valence-corrected chi connectivity index (χ0v) is 16.5. The number of amides is 3. The number of urea groups is 1. The van der Waals surface area contributed by atoms with Crippen LogP contribution in [0.25, 0.3) is 0 Å². The summed E-state index contributed by atoms with van der Waals surface area (Å²) in [6.45, 7) is 3.34. The number of hydrogen-bond donors (Lipinski definition) is 2. The lowest BCUT2D eigenvalue weighted by Gasteiger charge is -2.28. The maximum atomic E-state index is 12.6. The Bertz CT molecular complexity index is 791. The van der Waals surface area contributed by atoms with Crippen LogP contribution in [0.4, 0.5) is 9.93 Å². The Morgan fingerprint density at radius 3 is 2.93 bits per heavy atom. The van der Waals surface area contributed by atoms with E-state index in [1.54, 1.807) is 29.6 Å². The number of likely N-dealkylation sites (tertiary alicyclic amines) is 1. The number of nitrogens with zero attached hydrogens (tertiary/aromatic N) is 4. The summed E-state index contributed by atoms with van der Waals surface area (Å²) in [6, 6.07) is -0.462. The molecule has 0 spiro atoms. The lowest BCUT2D eigenvalue weighted by atomic mass is 9.94. The number of anilines is 1. The fraction of sp³-hybridized carbons (Fsp3) is 0.529. The molecular formula is C17H24N6O3S. The fourth-order valence-corrected chi connectivity index (χ4v) is 3.90. The summed E-state index contributed by atoms with van der Waals surface area (Å²) in [5.41, 5.74) is 2.01. The minimum Gasteiger partial charge on any atom is -0.383 e. The first kappa shape index (κ1) is 19.3. The van der Waals surface area contributed by atoms with Crippen molar-refractivity contribution in [1.29, 1.82) is 0 Å². The van der Waals surface area contributed by atoms with E-state index in [9.17, 15) is 9.59 Å². The van der Waals surface area contributed by atoms with Crippen molar-refractivity contribution in [3.63, 3.8) is 0 Å². The number of hydrogen-bond acceptors (Lipinski definition) is 6. The number of carbonyl (C=O) groups excluding carboxylic acids is 2. The average molecular weight is 392 g/mol. The maximum absolute atomic E-state index is 12.6. The number of aromatic nitrogens is 3. The number of methoxy groups -OCH3 is 1. The molecule has 0 aliphatic carbocycles. The molecule has 0 radical (unpaired) electrons. The van der Waals surface area contributed by atoms with Crippen LogP contribution in [-0.2, 0) is 16.6 Å². The van der Waals surface area contributed by atoms with E-state index in [2.05, 4.69) is 20.7 Å². The largest absolute Gasteiger partial charge is 0.383 e. The van der Waals surface area contributed by atoms with E-state index in [1.807, 2.05) is 18.9 Å². The van der Waals surface area contributed by atoms with Gasteiger partial charge in [0.2, 0.25) is 5.91 Å². The molecular weight excluding hydrogens is 368 g/mol. The Hall–Kier alpha value is -2.46. The van der Waals surface area contributed by atoms with Gasteiger partial charge in [-0.05, 0) is 6.92 Å². The van der Waals surface area contributed by atoms with Gasteiger partial charge in [0.15, 0.2) is 5.13 Å². The molecule has 2 N–H and O–H groups in total. The highest BCUT2D eigenvalue weighted by atomic mass is 32.1. The third-order valence-electron chi connectivity index (χ3n) is 4.85. The van der Waals surface area contributed by atoms with Crippen LogP contribution < -0.4 is 10.6 Å². The van der Waals surface area contributed by atoms with Crippen LogP contribution in [0.5, 0.6) is 0 Å². The van der Waals surface area contributed by atoms with Gasteiger partial charge in [0, 0.05) is 62.4 Å². The summed E-state index contributed by atoms with van der Waals surface area (Å²) < 4.78 is 6.96. The third-order valence-corrected chi connectivity index (χ3v) is 5.53. The van der Waals surface area contributed by atoms with Crippen molar-refractivity contribution in [2.45, 2.75) is 19.4 Å². The Balaban J connectivity index is 1.72. The molecule has 10 heteroatoms. The number of ether oxygens (including phenoxy) is 1. The lowest BCUT2D eigenvalue weighted by molar-refractivity contribution is -0.129. The zero-order chi connectivity index (χ0) is 19.4. The Morgan fingerprint density at radius 1 is 1.48 bits per heavy atom. The van der Waals surface area contributed by atoms with E-state index in [4.69, 9.17) is 4.74 Å². The molecule has 3 amide bonds. The smallest absolute Gasteiger partial charge is 0.321 e. The lowest BCUT2D eigenvalue weighted by Crippen LogP contribution is -2.37. The molecule has 0 unspecified atom stereocenters. The van der Waals surface area contributed by atoms with Crippen molar-refractivity contribution >= 4 is 28.4 Å². The van der Waals surface area contributed by atoms with Gasteiger partial charge in [0.1, 0.15) is 0 Å². The molecule has 9 nitrogen and oxygen atoms in total. The van der Waals surface area contributed by atoms with E-state index in [0.717, 1.165) is 11.3 Å². The van der Waals surface area contributed by atoms with Gasteiger partial charge >= 0.3 is 6.03 Å². The van der Waals surface area contributed by atoms with Gasteiger partial charge in [0.25, 0.3) is 0 Å². The number of nitrogens with one attached hydrogen (secondary N) is 2. The van der Waals surface area contributed by atoms with Gasteiger partial charge in [-0.15, -0.1) is 11.3 Å². The van der Waals surface area contributed by atoms with E-state index < -0.39 is 0 Å². The van der Waals surface area contributed by atoms with E-state index >= 15 is 0 Å². The van der Waals surface area contributed by atoms with Crippen molar-refractivity contribution in [1.82, 2.24) is 25.0 Å². The van der Waals surface area contributed by atoms with E-state index in [1.165, 1.54) is 11.3 Å². The Morgan fingerprint density at radius 2 is 2.30 bits per heavy atom. The first-order chi connectivity index (χ1) is 13.0. The van der Waals surface area contributed by atoms with Crippen LogP contribution in [0.2, 0.25) is 0 Å². The van der Waals surface area contributed by atoms with Crippen LogP contribution in [0.1, 0.15) is 23.7 Å². The highest BCUT2D eigenvalue weighted by molar-refractivity contribution is 7.13. The highest BCUT2D eigenvalue weighted by Gasteiger charge is 2.41. The van der Waals surface area contributed by atoms with Gasteiger partial charge in [-0.2, -0.15) is 5.10 Å². The first-order valence-electron chi connectivity index (χ1n) is 8.72. The van der Waals surface area contributed by atoms with Crippen LogP contribution in [0.15, 0.2) is 17.8 Å². The van der Waals surface area contributed by atoms with Crippen molar-refractivity contribution in [2.75, 3.05) is 32.1 Å². The number of thiazole rings is 1. The van der Waals surface area contributed by atoms with E-state index in [0.29, 0.717) is 31.2 Å². The molecule has 1 aliphatic rings. The van der Waals surface area contributed by atoms with Crippen LogP contribution >= 0.6 is 11.3 Å². The standard InChI is InChI=1S/C17H24N6O3S/c1-11-13(10-20-22(11)2)15-12(8-14(24)23(15)5-6-26-3)9-19-16(25)21-17-18-4-7-27-17/h4,7,10,12,15H,5-6,8-9H2,1-3H3,(H2,18,19,21,25)/t12-,15+/m1/s1. The van der Waals surface area contributed by atoms with Crippen LogP contribution in [0, 0.1) is 12.8 Å². The normalized spacial score (nSPS) is 19.5. The van der Waals surface area contributed by atoms with Crippen molar-refractivity contribution in [2.24, 2.45) is 13.0 Å². The maximum Gasteiger partial charge on any atom is 0.321 e. The second-order valence-electron chi connectivity index (χ2n) is 6.47. The summed E-state index contributed by atoms with van der Waals surface area (Å²) in [5.74, 6) is 0.0201. The molecule has 1 aliphatic heterocycles. The number of carbonyl (C=O) groups is 2. The second kappa shape index (κ2) is 8.49. The van der Waals surface area contributed by atoms with E-state index in [-0.39, 0.29) is 23.9 Å². The Labute approximate surface area is 161 Å². The Kier molecular flexibility index (Phi) is 6.07. The summed E-state index contributed by atoms with van der Waals surface area (Å²) in [5, 5.41) is 12.2. The summed E-state index contributed by atoms with van der Waals surface area (Å²) in [6.07, 6.45) is 3.81. The summed E-state index contributed by atoms with van der Waals surface area (Å²) in [4.78, 5) is 30.6. The molecule has 1 saturated heterocycles. The molecule has 2 aromatic heterocycles. The quantitative estimate of drug-likeness (QED) is 0.744. The van der Waals surface area contributed by atoms with Gasteiger partial charge in [-0.25, -0.2) is 9.78 Å². The number of aryl methyl sites for hydroxylation is 1. The minimum absolute atomic E-state index is 0.0423. The average Bonchev–Trinajstić information content (AvgIpc) is 3.33. The van der Waals surface area contributed by atoms with Gasteiger partial charge < -0.3 is 15.0 Å². The molecule has 0 aromatic carbocycles. The summed E-state index contributed by atoms with van der Waals surface area (Å²) >= 11 is 1.35. The molecule has 3 heterocycles. The van der Waals surface area contributed by atoms with Gasteiger partial charge in [-0.3, -0.25) is 14.8 Å². The molecule has 146 valence electrons. The molecule has 27 heavy (non-hydrogen) atoms. The predicted octanol–water partition coefficient (Wildman–Crippen LogP) is 1.54. The SMILES string of the molecule is COCCN1C(=O)C[C@H](CNC(=O)Nc2nccs2)[C@H]1c1cnn(C)c1C. The summed E-state index contributed by atoms with van der Waals surface area (Å²) in [7, 11) is 3.50. The van der Waals surface area contributed by atoms with Crippen LogP contribution in [0.3, 0.4) is 0 Å². The molecule has 2 atom stereocenters. The van der Waals surface area contributed by atoms with Gasteiger partial charge in [-0.1, -0.05) is 0 Å². The molecule has 0 saturated carbocycles. The second-order valence-corrected chi connectivity index (χ2v) is 7.36. The number of rotatable bonds is 7. The molecule has 3 rings (SSSR count). The monoisotopic (exact) mass is 392 g/mol.